The summed E-state index contributed by atoms with van der Waals surface area (Å²) < 4.78 is 55.0. The van der Waals surface area contributed by atoms with Crippen molar-refractivity contribution in [2.24, 2.45) is 0 Å². The lowest BCUT2D eigenvalue weighted by atomic mass is 9.95. The van der Waals surface area contributed by atoms with Crippen LogP contribution in [0.3, 0.4) is 0 Å². The fourth-order valence-electron chi connectivity index (χ4n) is 4.75. The van der Waals surface area contributed by atoms with Crippen LogP contribution in [-0.4, -0.2) is 57.1 Å². The Morgan fingerprint density at radius 2 is 1.80 bits per heavy atom. The Morgan fingerprint density at radius 1 is 1.07 bits per heavy atom. The molecule has 0 unspecified atom stereocenters. The van der Waals surface area contributed by atoms with Crippen molar-refractivity contribution < 1.29 is 41.1 Å². The molecule has 5 rings (SSSR count). The molecule has 212 valence electrons. The molecule has 0 atom stereocenters. The lowest BCUT2D eigenvalue weighted by Gasteiger charge is -2.28. The van der Waals surface area contributed by atoms with Gasteiger partial charge in [0.2, 0.25) is 0 Å². The Hall–Kier alpha value is -4.12. The topological polar surface area (TPSA) is 191 Å². The highest BCUT2D eigenvalue weighted by Gasteiger charge is 2.36. The van der Waals surface area contributed by atoms with Crippen LogP contribution in [0.15, 0.2) is 38.4 Å². The number of methoxy groups -OCH3 is 1. The van der Waals surface area contributed by atoms with E-state index >= 15 is 0 Å². The van der Waals surface area contributed by atoms with Crippen LogP contribution in [0, 0.1) is 20.2 Å². The van der Waals surface area contributed by atoms with Crippen LogP contribution in [0.2, 0.25) is 0 Å². The van der Waals surface area contributed by atoms with Crippen LogP contribution in [0.4, 0.5) is 11.4 Å². The summed E-state index contributed by atoms with van der Waals surface area (Å²) in [6.45, 7) is 1.47. The molecule has 0 aliphatic carbocycles. The third kappa shape index (κ3) is 4.85. The first kappa shape index (κ1) is 27.4. The van der Waals surface area contributed by atoms with Crippen LogP contribution in [0.1, 0.15) is 29.4 Å². The summed E-state index contributed by atoms with van der Waals surface area (Å²) in [5.74, 6) is -0.561. The maximum atomic E-state index is 13.5. The quantitative estimate of drug-likeness (QED) is 0.172. The zero-order chi connectivity index (χ0) is 28.8. The van der Waals surface area contributed by atoms with E-state index in [0.717, 1.165) is 6.07 Å². The zero-order valence-corrected chi connectivity index (χ0v) is 22.1. The number of nitro groups is 2. The molecule has 1 saturated heterocycles. The van der Waals surface area contributed by atoms with Crippen molar-refractivity contribution in [3.05, 3.63) is 71.6 Å². The van der Waals surface area contributed by atoms with Crippen molar-refractivity contribution in [3.8, 4) is 11.5 Å². The van der Waals surface area contributed by atoms with Crippen molar-refractivity contribution in [2.75, 3.05) is 33.9 Å². The maximum absolute atomic E-state index is 13.5. The molecule has 1 aromatic heterocycles. The van der Waals surface area contributed by atoms with Crippen LogP contribution in [0.25, 0.3) is 11.0 Å². The van der Waals surface area contributed by atoms with E-state index in [4.69, 9.17) is 22.8 Å². The Labute approximate surface area is 226 Å². The molecule has 16 heteroatoms. The second kappa shape index (κ2) is 10.5. The molecule has 0 N–H and O–H groups in total. The smallest absolute Gasteiger partial charge is 0.346 e. The number of hydrogen-bond donors (Lipinski definition) is 0. The molecule has 0 amide bonds. The minimum atomic E-state index is -5.01. The van der Waals surface area contributed by atoms with Gasteiger partial charge in [-0.2, -0.15) is 8.42 Å². The summed E-state index contributed by atoms with van der Waals surface area (Å²) in [6, 6.07) is 3.49. The SMILES string of the molecule is COc1cc2c3c(c(=O)oc2c(C2OCCCO2)c1OS(=O)(=O)c1ccc([N+](=O)[O-])cc1[N+](=O)[O-])CN(C)CC3. The van der Waals surface area contributed by atoms with E-state index in [1.54, 1.807) is 0 Å². The van der Waals surface area contributed by atoms with Crippen molar-refractivity contribution in [1.82, 2.24) is 4.90 Å². The number of benzene rings is 2. The molecule has 0 saturated carbocycles. The summed E-state index contributed by atoms with van der Waals surface area (Å²) in [5.41, 5.74) is -1.36. The first-order valence-corrected chi connectivity index (χ1v) is 13.4. The highest BCUT2D eigenvalue weighted by atomic mass is 32.2. The van der Waals surface area contributed by atoms with E-state index in [-0.39, 0.29) is 30.1 Å². The Morgan fingerprint density at radius 3 is 2.45 bits per heavy atom. The normalized spacial score (nSPS) is 16.4. The van der Waals surface area contributed by atoms with Gasteiger partial charge in [0.05, 0.1) is 47.4 Å². The monoisotopic (exact) mass is 577 g/mol. The van der Waals surface area contributed by atoms with Crippen molar-refractivity contribution in [3.63, 3.8) is 0 Å². The van der Waals surface area contributed by atoms with Crippen LogP contribution in [-0.2, 0) is 32.6 Å². The van der Waals surface area contributed by atoms with Gasteiger partial charge in [-0.1, -0.05) is 0 Å². The van der Waals surface area contributed by atoms with Gasteiger partial charge in [0.25, 0.3) is 11.4 Å². The summed E-state index contributed by atoms with van der Waals surface area (Å²) in [5, 5.41) is 23.2. The summed E-state index contributed by atoms with van der Waals surface area (Å²) in [4.78, 5) is 34.9. The fourth-order valence-corrected chi connectivity index (χ4v) is 5.85. The largest absolute Gasteiger partial charge is 0.493 e. The Balaban J connectivity index is 1.75. The molecule has 2 aliphatic rings. The van der Waals surface area contributed by atoms with Gasteiger partial charge in [-0.15, -0.1) is 0 Å². The van der Waals surface area contributed by atoms with Gasteiger partial charge < -0.3 is 27.7 Å². The molecule has 3 heterocycles. The number of fused-ring (bicyclic) bond motifs is 3. The van der Waals surface area contributed by atoms with Gasteiger partial charge in [-0.3, -0.25) is 20.2 Å². The number of nitro benzene ring substituents is 2. The minimum absolute atomic E-state index is 0.0376. The molecule has 0 spiro atoms. The molecular weight excluding hydrogens is 554 g/mol. The predicted molar refractivity (Wildman–Crippen MR) is 136 cm³/mol. The standard InChI is InChI=1S/C24H23N3O12S/c1-25-7-6-14-15-11-18(35-2)22(20(24-36-8-3-9-37-24)21(15)38-23(28)16(14)12-25)39-40(33,34)19-5-4-13(26(29)30)10-17(19)27(31)32/h4-5,10-11,24H,3,6-9,12H2,1-2H3. The number of nitrogens with zero attached hydrogens (tertiary/aromatic N) is 3. The first-order valence-electron chi connectivity index (χ1n) is 12.0. The number of likely N-dealkylation sites (N-methyl/N-ethyl adjacent to an activating group) is 1. The van der Waals surface area contributed by atoms with Crippen molar-refractivity contribution in [1.29, 1.82) is 0 Å². The van der Waals surface area contributed by atoms with Gasteiger partial charge >= 0.3 is 15.7 Å². The van der Waals surface area contributed by atoms with E-state index in [9.17, 15) is 33.4 Å². The third-order valence-electron chi connectivity index (χ3n) is 6.63. The zero-order valence-electron chi connectivity index (χ0n) is 21.3. The molecule has 3 aromatic rings. The molecule has 40 heavy (non-hydrogen) atoms. The highest BCUT2D eigenvalue weighted by Crippen LogP contribution is 2.46. The Kier molecular flexibility index (Phi) is 7.17. The summed E-state index contributed by atoms with van der Waals surface area (Å²) in [7, 11) is -1.88. The van der Waals surface area contributed by atoms with E-state index < -0.39 is 53.9 Å². The third-order valence-corrected chi connectivity index (χ3v) is 7.90. The fraction of sp³-hybridized carbons (Fsp3) is 0.375. The minimum Gasteiger partial charge on any atom is -0.493 e. The lowest BCUT2D eigenvalue weighted by molar-refractivity contribution is -0.396. The highest BCUT2D eigenvalue weighted by molar-refractivity contribution is 7.87. The van der Waals surface area contributed by atoms with Gasteiger partial charge in [-0.05, 0) is 37.6 Å². The van der Waals surface area contributed by atoms with Gasteiger partial charge in [-0.25, -0.2) is 4.79 Å². The maximum Gasteiger partial charge on any atom is 0.346 e. The van der Waals surface area contributed by atoms with Crippen molar-refractivity contribution >= 4 is 32.5 Å². The molecule has 2 aromatic carbocycles. The second-order valence-electron chi connectivity index (χ2n) is 9.16. The van der Waals surface area contributed by atoms with Crippen LogP contribution in [0.5, 0.6) is 11.5 Å². The molecule has 15 nitrogen and oxygen atoms in total. The van der Waals surface area contributed by atoms with Gasteiger partial charge in [0.15, 0.2) is 28.3 Å². The predicted octanol–water partition coefficient (Wildman–Crippen LogP) is 2.81. The average Bonchev–Trinajstić information content (AvgIpc) is 2.93. The van der Waals surface area contributed by atoms with Gasteiger partial charge in [0.1, 0.15) is 0 Å². The van der Waals surface area contributed by atoms with Crippen molar-refractivity contribution in [2.45, 2.75) is 30.6 Å². The Bertz CT molecular complexity index is 1700. The molecule has 0 bridgehead atoms. The van der Waals surface area contributed by atoms with E-state index in [2.05, 4.69) is 0 Å². The molecule has 0 radical (unpaired) electrons. The number of hydrogen-bond acceptors (Lipinski definition) is 13. The second-order valence-corrected chi connectivity index (χ2v) is 10.7. The molecule has 1 fully saturated rings. The number of rotatable bonds is 7. The number of non-ortho nitro benzene ring substituents is 1. The van der Waals surface area contributed by atoms with Crippen LogP contribution < -0.4 is 14.5 Å². The number of ether oxygens (including phenoxy) is 3. The average molecular weight is 578 g/mol. The first-order chi connectivity index (χ1) is 19.0. The van der Waals surface area contributed by atoms with E-state index in [1.165, 1.54) is 13.2 Å². The molecule has 2 aliphatic heterocycles. The van der Waals surface area contributed by atoms with E-state index in [0.29, 0.717) is 54.6 Å². The summed E-state index contributed by atoms with van der Waals surface area (Å²) >= 11 is 0. The summed E-state index contributed by atoms with van der Waals surface area (Å²) in [6.07, 6.45) is -0.180. The van der Waals surface area contributed by atoms with Crippen LogP contribution >= 0.6 is 0 Å². The van der Waals surface area contributed by atoms with E-state index in [1.807, 2.05) is 11.9 Å². The molecular formula is C24H23N3O12S. The lowest BCUT2D eigenvalue weighted by Crippen LogP contribution is -2.31. The van der Waals surface area contributed by atoms with Gasteiger partial charge in [0, 0.05) is 24.5 Å².